The average molecular weight is 270 g/mol. The fourth-order valence-corrected chi connectivity index (χ4v) is 2.01. The Morgan fingerprint density at radius 1 is 1.00 bits per heavy atom. The summed E-state index contributed by atoms with van der Waals surface area (Å²) < 4.78 is 10.8. The van der Waals surface area contributed by atoms with Crippen LogP contribution in [0.5, 0.6) is 0 Å². The van der Waals surface area contributed by atoms with Gasteiger partial charge in [0, 0.05) is 0 Å². The molecule has 0 aliphatic rings. The van der Waals surface area contributed by atoms with Crippen molar-refractivity contribution in [2.75, 3.05) is 7.11 Å². The molecule has 1 atom stereocenters. The van der Waals surface area contributed by atoms with Crippen LogP contribution < -0.4 is 0 Å². The van der Waals surface area contributed by atoms with Crippen LogP contribution >= 0.6 is 0 Å². The summed E-state index contributed by atoms with van der Waals surface area (Å²) in [4.78, 5) is 12.1. The molecule has 0 aliphatic carbocycles. The summed E-state index contributed by atoms with van der Waals surface area (Å²) in [6.07, 6.45) is 0. The molecule has 0 amide bonds. The number of rotatable bonds is 5. The number of benzene rings is 2. The number of methoxy groups -OCH3 is 1. The number of carbonyl (C=O) groups excluding carboxylic acids is 1. The van der Waals surface area contributed by atoms with Crippen LogP contribution in [0.4, 0.5) is 0 Å². The Morgan fingerprint density at radius 2 is 1.55 bits per heavy atom. The summed E-state index contributed by atoms with van der Waals surface area (Å²) in [6.45, 7) is 2.08. The van der Waals surface area contributed by atoms with Crippen molar-refractivity contribution in [1.82, 2.24) is 0 Å². The normalized spacial score (nSPS) is 13.5. The third-order valence-corrected chi connectivity index (χ3v) is 3.27. The van der Waals surface area contributed by atoms with Gasteiger partial charge in [-0.15, -0.1) is 0 Å². The highest BCUT2D eigenvalue weighted by atomic mass is 16.6. The summed E-state index contributed by atoms with van der Waals surface area (Å²) in [5.41, 5.74) is 0.688. The molecule has 0 fully saturated rings. The van der Waals surface area contributed by atoms with Crippen LogP contribution in [0.25, 0.3) is 0 Å². The Hall–Kier alpha value is -2.13. The quantitative estimate of drug-likeness (QED) is 0.782. The van der Waals surface area contributed by atoms with E-state index in [0.717, 1.165) is 11.1 Å². The standard InChI is InChI=1S/C17H18O3/c1-17(16(18)19-2,15-11-7-4-8-12-15)20-13-14-9-5-3-6-10-14/h3-12H,13H2,1-2H3/t17-/m0/s1. The van der Waals surface area contributed by atoms with E-state index in [2.05, 4.69) is 0 Å². The van der Waals surface area contributed by atoms with Crippen molar-refractivity contribution in [1.29, 1.82) is 0 Å². The van der Waals surface area contributed by atoms with Gasteiger partial charge in [-0.25, -0.2) is 4.79 Å². The second-order valence-electron chi connectivity index (χ2n) is 4.67. The smallest absolute Gasteiger partial charge is 0.342 e. The van der Waals surface area contributed by atoms with E-state index < -0.39 is 11.6 Å². The molecular formula is C17H18O3. The number of ether oxygens (including phenoxy) is 2. The van der Waals surface area contributed by atoms with Crippen molar-refractivity contribution in [3.63, 3.8) is 0 Å². The number of esters is 1. The lowest BCUT2D eigenvalue weighted by Gasteiger charge is -2.27. The molecule has 0 N–H and O–H groups in total. The van der Waals surface area contributed by atoms with Crippen LogP contribution in [0, 0.1) is 0 Å². The molecule has 3 nitrogen and oxygen atoms in total. The first-order valence-electron chi connectivity index (χ1n) is 6.48. The zero-order chi connectivity index (χ0) is 14.4. The van der Waals surface area contributed by atoms with Gasteiger partial charge in [-0.3, -0.25) is 0 Å². The SMILES string of the molecule is COC(=O)[C@@](C)(OCc1ccccc1)c1ccccc1. The molecule has 0 unspecified atom stereocenters. The molecule has 0 heterocycles. The Morgan fingerprint density at radius 3 is 2.10 bits per heavy atom. The van der Waals surface area contributed by atoms with E-state index in [1.165, 1.54) is 7.11 Å². The molecule has 0 spiro atoms. The molecule has 0 saturated carbocycles. The van der Waals surface area contributed by atoms with Crippen molar-refractivity contribution in [3.8, 4) is 0 Å². The molecule has 0 saturated heterocycles. The summed E-state index contributed by atoms with van der Waals surface area (Å²) in [5.74, 6) is -0.403. The fraction of sp³-hybridized carbons (Fsp3) is 0.235. The van der Waals surface area contributed by atoms with Crippen LogP contribution in [0.15, 0.2) is 60.7 Å². The molecular weight excluding hydrogens is 252 g/mol. The van der Waals surface area contributed by atoms with Crippen LogP contribution in [0.2, 0.25) is 0 Å². The predicted molar refractivity (Wildman–Crippen MR) is 77.0 cm³/mol. The predicted octanol–water partition coefficient (Wildman–Crippen LogP) is 3.29. The molecule has 0 aliphatic heterocycles. The highest BCUT2D eigenvalue weighted by Crippen LogP contribution is 2.28. The Balaban J connectivity index is 2.22. The van der Waals surface area contributed by atoms with E-state index in [1.54, 1.807) is 6.92 Å². The van der Waals surface area contributed by atoms with E-state index in [-0.39, 0.29) is 0 Å². The maximum Gasteiger partial charge on any atom is 0.342 e. The van der Waals surface area contributed by atoms with Gasteiger partial charge >= 0.3 is 5.97 Å². The molecule has 2 rings (SSSR count). The summed E-state index contributed by atoms with van der Waals surface area (Å²) in [6, 6.07) is 19.1. The highest BCUT2D eigenvalue weighted by molar-refractivity contribution is 5.80. The first-order chi connectivity index (χ1) is 9.66. The average Bonchev–Trinajstić information content (AvgIpc) is 2.53. The van der Waals surface area contributed by atoms with E-state index in [4.69, 9.17) is 9.47 Å². The molecule has 20 heavy (non-hydrogen) atoms. The lowest BCUT2D eigenvalue weighted by atomic mass is 9.96. The Kier molecular flexibility index (Phi) is 4.53. The van der Waals surface area contributed by atoms with Gasteiger partial charge in [-0.05, 0) is 18.1 Å². The van der Waals surface area contributed by atoms with Crippen LogP contribution in [-0.4, -0.2) is 13.1 Å². The maximum atomic E-state index is 12.1. The van der Waals surface area contributed by atoms with Crippen LogP contribution in [-0.2, 0) is 26.5 Å². The summed E-state index contributed by atoms with van der Waals surface area (Å²) in [5, 5.41) is 0. The number of hydrogen-bond donors (Lipinski definition) is 0. The lowest BCUT2D eigenvalue weighted by Crippen LogP contribution is -2.36. The minimum atomic E-state index is -1.11. The van der Waals surface area contributed by atoms with Gasteiger partial charge in [-0.2, -0.15) is 0 Å². The first kappa shape index (κ1) is 14.3. The van der Waals surface area contributed by atoms with Gasteiger partial charge in [0.15, 0.2) is 5.60 Å². The van der Waals surface area contributed by atoms with E-state index in [0.29, 0.717) is 6.61 Å². The van der Waals surface area contributed by atoms with Crippen molar-refractivity contribution in [3.05, 3.63) is 71.8 Å². The summed E-state index contributed by atoms with van der Waals surface area (Å²) in [7, 11) is 1.37. The van der Waals surface area contributed by atoms with Gasteiger partial charge in [-0.1, -0.05) is 60.7 Å². The van der Waals surface area contributed by atoms with E-state index in [1.807, 2.05) is 60.7 Å². The lowest BCUT2D eigenvalue weighted by molar-refractivity contribution is -0.170. The molecule has 3 heteroatoms. The van der Waals surface area contributed by atoms with Crippen LogP contribution in [0.1, 0.15) is 18.1 Å². The third-order valence-electron chi connectivity index (χ3n) is 3.27. The maximum absolute atomic E-state index is 12.1. The van der Waals surface area contributed by atoms with Gasteiger partial charge in [0.1, 0.15) is 0 Å². The van der Waals surface area contributed by atoms with Gasteiger partial charge in [0.05, 0.1) is 13.7 Å². The minimum absolute atomic E-state index is 0.349. The zero-order valence-electron chi connectivity index (χ0n) is 11.7. The van der Waals surface area contributed by atoms with Crippen LogP contribution in [0.3, 0.4) is 0 Å². The zero-order valence-corrected chi connectivity index (χ0v) is 11.7. The largest absolute Gasteiger partial charge is 0.467 e. The van der Waals surface area contributed by atoms with Crippen molar-refractivity contribution >= 4 is 5.97 Å². The Bertz CT molecular complexity index is 551. The van der Waals surface area contributed by atoms with Crippen molar-refractivity contribution in [2.24, 2.45) is 0 Å². The number of hydrogen-bond acceptors (Lipinski definition) is 3. The van der Waals surface area contributed by atoms with Gasteiger partial charge < -0.3 is 9.47 Å². The molecule has 0 aromatic heterocycles. The van der Waals surface area contributed by atoms with E-state index >= 15 is 0 Å². The van der Waals surface area contributed by atoms with Gasteiger partial charge in [0.25, 0.3) is 0 Å². The first-order valence-corrected chi connectivity index (χ1v) is 6.48. The fourth-order valence-electron chi connectivity index (χ4n) is 2.01. The highest BCUT2D eigenvalue weighted by Gasteiger charge is 2.37. The molecule has 104 valence electrons. The Labute approximate surface area is 119 Å². The molecule has 0 bridgehead atoms. The van der Waals surface area contributed by atoms with Gasteiger partial charge in [0.2, 0.25) is 0 Å². The van der Waals surface area contributed by atoms with E-state index in [9.17, 15) is 4.79 Å². The summed E-state index contributed by atoms with van der Waals surface area (Å²) >= 11 is 0. The third kappa shape index (κ3) is 3.06. The second kappa shape index (κ2) is 6.35. The molecule has 2 aromatic carbocycles. The van der Waals surface area contributed by atoms with Crippen molar-refractivity contribution < 1.29 is 14.3 Å². The second-order valence-corrected chi connectivity index (χ2v) is 4.67. The number of carbonyl (C=O) groups is 1. The minimum Gasteiger partial charge on any atom is -0.467 e. The topological polar surface area (TPSA) is 35.5 Å². The molecule has 0 radical (unpaired) electrons. The van der Waals surface area contributed by atoms with Crippen molar-refractivity contribution in [2.45, 2.75) is 19.1 Å². The molecule has 2 aromatic rings. The monoisotopic (exact) mass is 270 g/mol.